The van der Waals surface area contributed by atoms with E-state index in [0.717, 1.165) is 6.42 Å². The topological polar surface area (TPSA) is 29.5 Å². The van der Waals surface area contributed by atoms with Crippen molar-refractivity contribution in [2.75, 3.05) is 7.11 Å². The first-order valence-electron chi connectivity index (χ1n) is 3.65. The molecule has 0 aromatic carbocycles. The van der Waals surface area contributed by atoms with Gasteiger partial charge in [-0.15, -0.1) is 6.58 Å². The minimum atomic E-state index is -0.300. The third kappa shape index (κ3) is 1.16. The van der Waals surface area contributed by atoms with E-state index in [2.05, 4.69) is 6.58 Å². The second-order valence-electron chi connectivity index (χ2n) is 2.93. The van der Waals surface area contributed by atoms with Gasteiger partial charge in [-0.1, -0.05) is 6.08 Å². The van der Waals surface area contributed by atoms with Gasteiger partial charge in [-0.2, -0.15) is 0 Å². The first-order chi connectivity index (χ1) is 5.14. The first kappa shape index (κ1) is 8.27. The Bertz CT molecular complexity index is 191. The van der Waals surface area contributed by atoms with Crippen molar-refractivity contribution in [2.24, 2.45) is 0 Å². The molecule has 1 aliphatic rings. The van der Waals surface area contributed by atoms with Gasteiger partial charge in [-0.3, -0.25) is 9.63 Å². The lowest BCUT2D eigenvalue weighted by atomic mass is 10.0. The normalized spacial score (nSPS) is 31.1. The molecule has 0 aliphatic carbocycles. The Labute approximate surface area is 66.6 Å². The summed E-state index contributed by atoms with van der Waals surface area (Å²) in [5, 5.41) is 1.39. The molecule has 1 saturated heterocycles. The number of hydroxylamine groups is 2. The average molecular weight is 155 g/mol. The number of amides is 1. The largest absolute Gasteiger partial charge is 0.273 e. The Hall–Kier alpha value is -0.830. The van der Waals surface area contributed by atoms with Crippen molar-refractivity contribution < 1.29 is 9.63 Å². The Morgan fingerprint density at radius 2 is 2.45 bits per heavy atom. The lowest BCUT2D eigenvalue weighted by Gasteiger charge is -2.29. The molecule has 0 bridgehead atoms. The zero-order chi connectivity index (χ0) is 8.48. The van der Waals surface area contributed by atoms with Crippen LogP contribution in [0, 0.1) is 0 Å². The molecule has 1 amide bonds. The van der Waals surface area contributed by atoms with Crippen LogP contribution in [0.15, 0.2) is 12.7 Å². The molecule has 0 aromatic rings. The second kappa shape index (κ2) is 2.66. The molecule has 11 heavy (non-hydrogen) atoms. The molecule has 1 fully saturated rings. The minimum absolute atomic E-state index is 0.0369. The number of nitrogens with zero attached hydrogens (tertiary/aromatic N) is 1. The number of rotatable bonds is 2. The second-order valence-corrected chi connectivity index (χ2v) is 2.93. The first-order valence-corrected chi connectivity index (χ1v) is 3.65. The van der Waals surface area contributed by atoms with Crippen LogP contribution in [-0.2, 0) is 9.63 Å². The van der Waals surface area contributed by atoms with E-state index in [9.17, 15) is 4.79 Å². The monoisotopic (exact) mass is 155 g/mol. The summed E-state index contributed by atoms with van der Waals surface area (Å²) in [7, 11) is 1.50. The number of hydrogen-bond acceptors (Lipinski definition) is 2. The lowest BCUT2D eigenvalue weighted by molar-refractivity contribution is -0.185. The quantitative estimate of drug-likeness (QED) is 0.559. The lowest BCUT2D eigenvalue weighted by Crippen LogP contribution is -2.40. The van der Waals surface area contributed by atoms with Gasteiger partial charge in [0.05, 0.1) is 12.6 Å². The Morgan fingerprint density at radius 3 is 2.82 bits per heavy atom. The molecule has 0 unspecified atom stereocenters. The third-order valence-electron chi connectivity index (χ3n) is 2.16. The smallest absolute Gasteiger partial charge is 0.247 e. The number of hydrogen-bond donors (Lipinski definition) is 0. The van der Waals surface area contributed by atoms with Crippen LogP contribution in [0.2, 0.25) is 0 Å². The summed E-state index contributed by atoms with van der Waals surface area (Å²) in [6.45, 7) is 5.61. The molecule has 1 heterocycles. The predicted octanol–water partition coefficient (Wildman–Crippen LogP) is 1.11. The van der Waals surface area contributed by atoms with E-state index in [1.54, 1.807) is 6.08 Å². The summed E-state index contributed by atoms with van der Waals surface area (Å²) >= 11 is 0. The molecule has 1 aliphatic heterocycles. The van der Waals surface area contributed by atoms with Crippen molar-refractivity contribution in [1.29, 1.82) is 0 Å². The van der Waals surface area contributed by atoms with Crippen LogP contribution in [0.1, 0.15) is 19.8 Å². The maximum atomic E-state index is 11.1. The molecule has 3 heteroatoms. The highest BCUT2D eigenvalue weighted by Crippen LogP contribution is 2.30. The van der Waals surface area contributed by atoms with E-state index in [0.29, 0.717) is 6.42 Å². The van der Waals surface area contributed by atoms with Crippen molar-refractivity contribution in [2.45, 2.75) is 25.3 Å². The van der Waals surface area contributed by atoms with Gasteiger partial charge in [0.2, 0.25) is 5.91 Å². The molecular formula is C8H13NO2. The van der Waals surface area contributed by atoms with E-state index in [4.69, 9.17) is 4.84 Å². The van der Waals surface area contributed by atoms with Crippen LogP contribution in [0.4, 0.5) is 0 Å². The molecule has 1 atom stereocenters. The summed E-state index contributed by atoms with van der Waals surface area (Å²) in [5.74, 6) is 0.0369. The van der Waals surface area contributed by atoms with Crippen molar-refractivity contribution in [3.8, 4) is 0 Å². The molecular weight excluding hydrogens is 142 g/mol. The van der Waals surface area contributed by atoms with Crippen LogP contribution >= 0.6 is 0 Å². The van der Waals surface area contributed by atoms with Crippen molar-refractivity contribution >= 4 is 5.91 Å². The van der Waals surface area contributed by atoms with Gasteiger partial charge in [-0.05, 0) is 13.3 Å². The number of carbonyl (C=O) groups excluding carboxylic acids is 1. The molecule has 62 valence electrons. The van der Waals surface area contributed by atoms with Gasteiger partial charge in [0, 0.05) is 6.42 Å². The molecule has 1 rings (SSSR count). The molecule has 3 nitrogen and oxygen atoms in total. The van der Waals surface area contributed by atoms with Gasteiger partial charge < -0.3 is 0 Å². The summed E-state index contributed by atoms with van der Waals surface area (Å²) < 4.78 is 0. The van der Waals surface area contributed by atoms with E-state index in [-0.39, 0.29) is 11.4 Å². The maximum Gasteiger partial charge on any atom is 0.247 e. The molecule has 0 saturated carbocycles. The molecule has 0 radical (unpaired) electrons. The fourth-order valence-electron chi connectivity index (χ4n) is 1.34. The average Bonchev–Trinajstić information content (AvgIpc) is 2.29. The summed E-state index contributed by atoms with van der Waals surface area (Å²) in [6, 6.07) is 0. The highest BCUT2D eigenvalue weighted by atomic mass is 16.7. The zero-order valence-corrected chi connectivity index (χ0v) is 6.96. The van der Waals surface area contributed by atoms with E-state index in [1.807, 2.05) is 6.92 Å². The Balaban J connectivity index is 2.83. The van der Waals surface area contributed by atoms with Crippen LogP contribution in [0.25, 0.3) is 0 Å². The minimum Gasteiger partial charge on any atom is -0.273 e. The van der Waals surface area contributed by atoms with E-state index in [1.165, 1.54) is 12.2 Å². The molecule has 0 N–H and O–H groups in total. The number of carbonyl (C=O) groups is 1. The highest BCUT2D eigenvalue weighted by molar-refractivity contribution is 5.78. The van der Waals surface area contributed by atoms with E-state index >= 15 is 0 Å². The van der Waals surface area contributed by atoms with E-state index < -0.39 is 0 Å². The Kier molecular flexibility index (Phi) is 2.00. The molecule has 0 aromatic heterocycles. The highest BCUT2D eigenvalue weighted by Gasteiger charge is 2.39. The maximum absolute atomic E-state index is 11.1. The summed E-state index contributed by atoms with van der Waals surface area (Å²) in [6.07, 6.45) is 3.10. The summed E-state index contributed by atoms with van der Waals surface area (Å²) in [4.78, 5) is 16.1. The van der Waals surface area contributed by atoms with Crippen molar-refractivity contribution in [1.82, 2.24) is 5.06 Å². The fourth-order valence-corrected chi connectivity index (χ4v) is 1.34. The van der Waals surface area contributed by atoms with Crippen molar-refractivity contribution in [3.63, 3.8) is 0 Å². The van der Waals surface area contributed by atoms with Gasteiger partial charge >= 0.3 is 0 Å². The third-order valence-corrected chi connectivity index (χ3v) is 2.16. The van der Waals surface area contributed by atoms with Gasteiger partial charge in [0.1, 0.15) is 0 Å². The standard InChI is InChI=1S/C8H13NO2/c1-4-8(2)6-5-7(10)9(8)11-3/h4H,1,5-6H2,2-3H3/t8-/m1/s1. The van der Waals surface area contributed by atoms with Crippen LogP contribution in [-0.4, -0.2) is 23.6 Å². The van der Waals surface area contributed by atoms with Gasteiger partial charge in [-0.25, -0.2) is 5.06 Å². The van der Waals surface area contributed by atoms with Gasteiger partial charge in [0.25, 0.3) is 0 Å². The predicted molar refractivity (Wildman–Crippen MR) is 41.7 cm³/mol. The van der Waals surface area contributed by atoms with Gasteiger partial charge in [0.15, 0.2) is 0 Å². The fraction of sp³-hybridized carbons (Fsp3) is 0.625. The molecule has 0 spiro atoms. The zero-order valence-electron chi connectivity index (χ0n) is 6.96. The van der Waals surface area contributed by atoms with Crippen LogP contribution < -0.4 is 0 Å². The van der Waals surface area contributed by atoms with Crippen LogP contribution in [0.3, 0.4) is 0 Å². The Morgan fingerprint density at radius 1 is 1.82 bits per heavy atom. The van der Waals surface area contributed by atoms with Crippen molar-refractivity contribution in [3.05, 3.63) is 12.7 Å². The SMILES string of the molecule is C=C[C@]1(C)CCC(=O)N1OC. The summed E-state index contributed by atoms with van der Waals surface area (Å²) in [5.41, 5.74) is -0.300. The van der Waals surface area contributed by atoms with Crippen LogP contribution in [0.5, 0.6) is 0 Å².